The van der Waals surface area contributed by atoms with Gasteiger partial charge in [-0.05, 0) is 34.4 Å². The lowest BCUT2D eigenvalue weighted by Gasteiger charge is -2.19. The smallest absolute Gasteiger partial charge is 0.160 e. The van der Waals surface area contributed by atoms with Crippen LogP contribution in [-0.2, 0) is 26.1 Å². The van der Waals surface area contributed by atoms with Crippen molar-refractivity contribution in [2.24, 2.45) is 0 Å². The van der Waals surface area contributed by atoms with Gasteiger partial charge in [-0.2, -0.15) is 0 Å². The topological polar surface area (TPSA) is 110 Å². The molecule has 2 rings (SSSR count). The maximum Gasteiger partial charge on any atom is 0.160 e. The van der Waals surface area contributed by atoms with E-state index in [0.717, 1.165) is 11.1 Å². The van der Waals surface area contributed by atoms with Gasteiger partial charge in [-0.25, -0.2) is 0 Å². The summed E-state index contributed by atoms with van der Waals surface area (Å²) in [5, 5.41) is 48.6. The fourth-order valence-electron chi connectivity index (χ4n) is 2.71. The van der Waals surface area contributed by atoms with Gasteiger partial charge in [-0.15, -0.1) is 0 Å². The summed E-state index contributed by atoms with van der Waals surface area (Å²) in [6.45, 7) is -0.361. The number of aliphatic hydroxyl groups excluding tert-OH is 4. The molecule has 0 fully saturated rings. The van der Waals surface area contributed by atoms with Gasteiger partial charge in [0.15, 0.2) is 11.5 Å². The average Bonchev–Trinajstić information content (AvgIpc) is 2.62. The molecule has 0 aliphatic heterocycles. The molecule has 2 aromatic carbocycles. The van der Waals surface area contributed by atoms with Crippen molar-refractivity contribution in [1.29, 1.82) is 0 Å². The van der Waals surface area contributed by atoms with Gasteiger partial charge in [-0.1, -0.05) is 24.3 Å². The normalized spacial score (nSPS) is 13.5. The quantitative estimate of drug-likeness (QED) is 0.485. The molecule has 0 saturated carbocycles. The highest BCUT2D eigenvalue weighted by Crippen LogP contribution is 2.27. The number of phenolic OH excluding ortho intramolecular Hbond substituents is 1. The zero-order valence-corrected chi connectivity index (χ0v) is 14.1. The largest absolute Gasteiger partial charge is 0.504 e. The standard InChI is InChI=1S/C19H24O6/c1-25-19-9-13(3-5-16(19)22)8-18(24)17(23)7-12-2-4-14(10-20)15(6-12)11-21/h2-6,9,17-18,20-24H,7-8,10-11H2,1H3. The third kappa shape index (κ3) is 4.93. The van der Waals surface area contributed by atoms with Crippen molar-refractivity contribution in [2.75, 3.05) is 7.11 Å². The fourth-order valence-corrected chi connectivity index (χ4v) is 2.71. The van der Waals surface area contributed by atoms with Gasteiger partial charge in [0.1, 0.15) is 0 Å². The van der Waals surface area contributed by atoms with E-state index in [9.17, 15) is 25.5 Å². The van der Waals surface area contributed by atoms with E-state index in [1.807, 2.05) is 0 Å². The highest BCUT2D eigenvalue weighted by atomic mass is 16.5. The van der Waals surface area contributed by atoms with E-state index in [-0.39, 0.29) is 31.8 Å². The second-order valence-corrected chi connectivity index (χ2v) is 5.97. The molecule has 0 saturated heterocycles. The summed E-state index contributed by atoms with van der Waals surface area (Å²) in [7, 11) is 1.44. The molecule has 2 unspecified atom stereocenters. The molecular formula is C19H24O6. The van der Waals surface area contributed by atoms with Crippen molar-refractivity contribution in [2.45, 2.75) is 38.3 Å². The van der Waals surface area contributed by atoms with E-state index in [2.05, 4.69) is 0 Å². The Morgan fingerprint density at radius 3 is 1.96 bits per heavy atom. The lowest BCUT2D eigenvalue weighted by atomic mass is 9.96. The first kappa shape index (κ1) is 19.2. The highest BCUT2D eigenvalue weighted by molar-refractivity contribution is 5.42. The molecule has 5 N–H and O–H groups in total. The zero-order chi connectivity index (χ0) is 18.4. The van der Waals surface area contributed by atoms with Crippen LogP contribution in [0.3, 0.4) is 0 Å². The summed E-state index contributed by atoms with van der Waals surface area (Å²) in [6, 6.07) is 9.92. The van der Waals surface area contributed by atoms with Crippen LogP contribution < -0.4 is 4.74 Å². The lowest BCUT2D eigenvalue weighted by Crippen LogP contribution is -2.30. The van der Waals surface area contributed by atoms with E-state index in [0.29, 0.717) is 16.9 Å². The number of aromatic hydroxyl groups is 1. The van der Waals surface area contributed by atoms with Crippen molar-refractivity contribution >= 4 is 0 Å². The molecule has 0 aromatic heterocycles. The van der Waals surface area contributed by atoms with Crippen LogP contribution in [0.4, 0.5) is 0 Å². The number of hydrogen-bond acceptors (Lipinski definition) is 6. The maximum atomic E-state index is 10.3. The monoisotopic (exact) mass is 348 g/mol. The van der Waals surface area contributed by atoms with Gasteiger partial charge in [0.25, 0.3) is 0 Å². The molecule has 2 atom stereocenters. The summed E-state index contributed by atoms with van der Waals surface area (Å²) in [5.74, 6) is 0.327. The van der Waals surface area contributed by atoms with Crippen molar-refractivity contribution in [3.05, 3.63) is 58.7 Å². The maximum absolute atomic E-state index is 10.3. The van der Waals surface area contributed by atoms with Crippen molar-refractivity contribution in [3.63, 3.8) is 0 Å². The van der Waals surface area contributed by atoms with E-state index < -0.39 is 12.2 Å². The van der Waals surface area contributed by atoms with Crippen molar-refractivity contribution in [3.8, 4) is 11.5 Å². The van der Waals surface area contributed by atoms with E-state index >= 15 is 0 Å². The van der Waals surface area contributed by atoms with Crippen LogP contribution >= 0.6 is 0 Å². The van der Waals surface area contributed by atoms with E-state index in [1.54, 1.807) is 30.3 Å². The van der Waals surface area contributed by atoms with Crippen LogP contribution in [0.5, 0.6) is 11.5 Å². The van der Waals surface area contributed by atoms with Crippen molar-refractivity contribution < 1.29 is 30.3 Å². The van der Waals surface area contributed by atoms with Crippen LogP contribution in [0.2, 0.25) is 0 Å². The first-order valence-electron chi connectivity index (χ1n) is 8.02. The molecule has 0 bridgehead atoms. The minimum atomic E-state index is -0.996. The van der Waals surface area contributed by atoms with Gasteiger partial charge >= 0.3 is 0 Å². The molecule has 25 heavy (non-hydrogen) atoms. The van der Waals surface area contributed by atoms with Gasteiger partial charge < -0.3 is 30.3 Å². The van der Waals surface area contributed by atoms with Gasteiger partial charge in [0.2, 0.25) is 0 Å². The van der Waals surface area contributed by atoms with E-state index in [1.165, 1.54) is 13.2 Å². The Kier molecular flexibility index (Phi) is 6.78. The predicted octanol–water partition coefficient (Wildman–Crippen LogP) is 0.892. The molecule has 0 aliphatic carbocycles. The van der Waals surface area contributed by atoms with E-state index in [4.69, 9.17) is 4.74 Å². The molecule has 0 heterocycles. The number of rotatable bonds is 8. The summed E-state index contributed by atoms with van der Waals surface area (Å²) in [5.41, 5.74) is 2.73. The number of phenols is 1. The Balaban J connectivity index is 2.04. The summed E-state index contributed by atoms with van der Waals surface area (Å²) in [4.78, 5) is 0. The summed E-state index contributed by atoms with van der Waals surface area (Å²) >= 11 is 0. The lowest BCUT2D eigenvalue weighted by molar-refractivity contribution is 0.0205. The number of ether oxygens (including phenoxy) is 1. The minimum absolute atomic E-state index is 0.0156. The Labute approximate surface area is 146 Å². The van der Waals surface area contributed by atoms with Crippen LogP contribution in [0.15, 0.2) is 36.4 Å². The number of aliphatic hydroxyl groups is 4. The molecule has 0 spiro atoms. The SMILES string of the molecule is COc1cc(CC(O)C(O)Cc2ccc(CO)c(CO)c2)ccc1O. The van der Waals surface area contributed by atoms with Crippen LogP contribution in [0.1, 0.15) is 22.3 Å². The Hall–Kier alpha value is -2.12. The molecule has 0 amide bonds. The van der Waals surface area contributed by atoms with Crippen LogP contribution in [0.25, 0.3) is 0 Å². The third-order valence-corrected chi connectivity index (χ3v) is 4.19. The summed E-state index contributed by atoms with van der Waals surface area (Å²) < 4.78 is 5.03. The van der Waals surface area contributed by atoms with Crippen LogP contribution in [0, 0.1) is 0 Å². The van der Waals surface area contributed by atoms with Crippen molar-refractivity contribution in [1.82, 2.24) is 0 Å². The van der Waals surface area contributed by atoms with Crippen LogP contribution in [-0.4, -0.2) is 44.9 Å². The fraction of sp³-hybridized carbons (Fsp3) is 0.368. The number of benzene rings is 2. The second-order valence-electron chi connectivity index (χ2n) is 5.97. The number of hydrogen-bond donors (Lipinski definition) is 5. The first-order chi connectivity index (χ1) is 12.0. The van der Waals surface area contributed by atoms with Gasteiger partial charge in [0.05, 0.1) is 32.5 Å². The predicted molar refractivity (Wildman–Crippen MR) is 92.4 cm³/mol. The minimum Gasteiger partial charge on any atom is -0.504 e. The molecule has 0 aliphatic rings. The zero-order valence-electron chi connectivity index (χ0n) is 14.1. The highest BCUT2D eigenvalue weighted by Gasteiger charge is 2.18. The number of methoxy groups -OCH3 is 1. The first-order valence-corrected chi connectivity index (χ1v) is 8.02. The third-order valence-electron chi connectivity index (χ3n) is 4.19. The molecule has 0 radical (unpaired) electrons. The molecular weight excluding hydrogens is 324 g/mol. The molecule has 2 aromatic rings. The second kappa shape index (κ2) is 8.82. The Morgan fingerprint density at radius 1 is 0.840 bits per heavy atom. The molecule has 6 nitrogen and oxygen atoms in total. The molecule has 136 valence electrons. The summed E-state index contributed by atoms with van der Waals surface area (Å²) in [6.07, 6.45) is -1.57. The Bertz CT molecular complexity index is 700. The Morgan fingerprint density at radius 2 is 1.40 bits per heavy atom. The van der Waals surface area contributed by atoms with Gasteiger partial charge in [0, 0.05) is 12.8 Å². The average molecular weight is 348 g/mol. The van der Waals surface area contributed by atoms with Gasteiger partial charge in [-0.3, -0.25) is 0 Å². The molecule has 6 heteroatoms.